The number of carbonyl (C=O) groups excluding carboxylic acids is 1. The maximum atomic E-state index is 12.3. The molecule has 1 rings (SSSR count). The summed E-state index contributed by atoms with van der Waals surface area (Å²) in [6.07, 6.45) is 1.02. The SMILES string of the molecule is COC(=O)c1scc(C)c1S(=O)(=O)NC(C)CS(C)(=O)=O. The number of nitrogens with one attached hydrogen (secondary N) is 1. The topological polar surface area (TPSA) is 107 Å². The van der Waals surface area contributed by atoms with E-state index in [1.165, 1.54) is 12.3 Å². The molecular weight excluding hydrogens is 338 g/mol. The quantitative estimate of drug-likeness (QED) is 0.747. The molecule has 1 heterocycles. The number of rotatable bonds is 6. The van der Waals surface area contributed by atoms with Crippen molar-refractivity contribution < 1.29 is 26.4 Å². The van der Waals surface area contributed by atoms with E-state index in [0.29, 0.717) is 5.56 Å². The molecule has 10 heteroatoms. The fraction of sp³-hybridized carbons (Fsp3) is 0.545. The van der Waals surface area contributed by atoms with E-state index in [1.54, 1.807) is 6.92 Å². The summed E-state index contributed by atoms with van der Waals surface area (Å²) < 4.78 is 53.9. The summed E-state index contributed by atoms with van der Waals surface area (Å²) in [7, 11) is -6.17. The largest absolute Gasteiger partial charge is 0.465 e. The third-order valence-electron chi connectivity index (χ3n) is 2.47. The molecular formula is C11H17NO6S3. The smallest absolute Gasteiger partial charge is 0.349 e. The summed E-state index contributed by atoms with van der Waals surface area (Å²) in [5.41, 5.74) is 0.402. The van der Waals surface area contributed by atoms with Crippen LogP contribution in [-0.2, 0) is 24.6 Å². The molecule has 0 aliphatic rings. The third kappa shape index (κ3) is 4.77. The van der Waals surface area contributed by atoms with Crippen LogP contribution in [-0.4, -0.2) is 48.0 Å². The summed E-state index contributed by atoms with van der Waals surface area (Å²) in [5.74, 6) is -1.08. The first-order valence-electron chi connectivity index (χ1n) is 5.84. The van der Waals surface area contributed by atoms with Gasteiger partial charge in [-0.05, 0) is 24.8 Å². The number of ether oxygens (including phenoxy) is 1. The fourth-order valence-corrected chi connectivity index (χ4v) is 5.86. The van der Waals surface area contributed by atoms with Crippen molar-refractivity contribution in [2.24, 2.45) is 0 Å². The molecule has 0 saturated heterocycles. The van der Waals surface area contributed by atoms with Gasteiger partial charge in [0, 0.05) is 12.3 Å². The molecule has 0 aliphatic carbocycles. The Morgan fingerprint density at radius 3 is 2.43 bits per heavy atom. The molecule has 0 saturated carbocycles. The molecule has 0 fully saturated rings. The molecule has 1 aromatic heterocycles. The second-order valence-corrected chi connectivity index (χ2v) is 9.40. The Bertz CT molecular complexity index is 732. The summed E-state index contributed by atoms with van der Waals surface area (Å²) in [4.78, 5) is 11.4. The first-order valence-corrected chi connectivity index (χ1v) is 10.3. The summed E-state index contributed by atoms with van der Waals surface area (Å²) in [5, 5.41) is 1.53. The second-order valence-electron chi connectivity index (χ2n) is 4.68. The van der Waals surface area contributed by atoms with Crippen LogP contribution in [0.5, 0.6) is 0 Å². The number of hydrogen-bond donors (Lipinski definition) is 1. The Labute approximate surface area is 128 Å². The Hall–Kier alpha value is -0.970. The number of aryl methyl sites for hydroxylation is 1. The highest BCUT2D eigenvalue weighted by Gasteiger charge is 2.29. The highest BCUT2D eigenvalue weighted by atomic mass is 32.2. The third-order valence-corrected chi connectivity index (χ3v) is 6.56. The van der Waals surface area contributed by atoms with Gasteiger partial charge >= 0.3 is 5.97 Å². The Kier molecular flexibility index (Phi) is 5.53. The van der Waals surface area contributed by atoms with Gasteiger partial charge in [0.1, 0.15) is 19.6 Å². The van der Waals surface area contributed by atoms with Gasteiger partial charge in [-0.25, -0.2) is 26.4 Å². The van der Waals surface area contributed by atoms with Gasteiger partial charge < -0.3 is 4.74 Å². The lowest BCUT2D eigenvalue weighted by Gasteiger charge is -2.14. The van der Waals surface area contributed by atoms with E-state index in [1.807, 2.05) is 0 Å². The van der Waals surface area contributed by atoms with Crippen molar-refractivity contribution >= 4 is 37.2 Å². The molecule has 0 radical (unpaired) electrons. The van der Waals surface area contributed by atoms with Crippen LogP contribution in [0.3, 0.4) is 0 Å². The number of carbonyl (C=O) groups is 1. The minimum absolute atomic E-state index is 0.0333. The van der Waals surface area contributed by atoms with E-state index in [4.69, 9.17) is 0 Å². The Morgan fingerprint density at radius 1 is 1.38 bits per heavy atom. The predicted octanol–water partition coefficient (Wildman–Crippen LogP) is 0.555. The van der Waals surface area contributed by atoms with E-state index < -0.39 is 31.9 Å². The van der Waals surface area contributed by atoms with Crippen LogP contribution in [0.25, 0.3) is 0 Å². The normalized spacial score (nSPS) is 13.9. The van der Waals surface area contributed by atoms with Crippen molar-refractivity contribution in [3.63, 3.8) is 0 Å². The van der Waals surface area contributed by atoms with Gasteiger partial charge in [-0.1, -0.05) is 0 Å². The lowest BCUT2D eigenvalue weighted by Crippen LogP contribution is -2.37. The van der Waals surface area contributed by atoms with Crippen LogP contribution in [0.4, 0.5) is 0 Å². The number of thiophene rings is 1. The summed E-state index contributed by atoms with van der Waals surface area (Å²) in [6, 6.07) is -0.810. The van der Waals surface area contributed by atoms with Crippen molar-refractivity contribution in [3.8, 4) is 0 Å². The van der Waals surface area contributed by atoms with Crippen LogP contribution in [0.2, 0.25) is 0 Å². The van der Waals surface area contributed by atoms with Crippen molar-refractivity contribution in [2.75, 3.05) is 19.1 Å². The summed E-state index contributed by atoms with van der Waals surface area (Å²) >= 11 is 0.964. The molecule has 0 amide bonds. The Balaban J connectivity index is 3.15. The first-order chi connectivity index (χ1) is 9.48. The van der Waals surface area contributed by atoms with Crippen LogP contribution in [0, 0.1) is 6.92 Å². The lowest BCUT2D eigenvalue weighted by molar-refractivity contribution is 0.0602. The van der Waals surface area contributed by atoms with E-state index in [0.717, 1.165) is 24.7 Å². The molecule has 0 spiro atoms. The van der Waals surface area contributed by atoms with Crippen LogP contribution >= 0.6 is 11.3 Å². The number of sulfonamides is 1. The highest BCUT2D eigenvalue weighted by molar-refractivity contribution is 7.91. The zero-order valence-electron chi connectivity index (χ0n) is 12.0. The van der Waals surface area contributed by atoms with Gasteiger partial charge in [0.25, 0.3) is 0 Å². The first kappa shape index (κ1) is 18.1. The molecule has 0 bridgehead atoms. The Morgan fingerprint density at radius 2 is 1.95 bits per heavy atom. The molecule has 7 nitrogen and oxygen atoms in total. The van der Waals surface area contributed by atoms with Gasteiger partial charge in [-0.15, -0.1) is 11.3 Å². The molecule has 21 heavy (non-hydrogen) atoms. The predicted molar refractivity (Wildman–Crippen MR) is 79.9 cm³/mol. The van der Waals surface area contributed by atoms with Gasteiger partial charge in [0.05, 0.1) is 12.9 Å². The van der Waals surface area contributed by atoms with E-state index in [2.05, 4.69) is 9.46 Å². The van der Waals surface area contributed by atoms with E-state index in [9.17, 15) is 21.6 Å². The zero-order valence-corrected chi connectivity index (χ0v) is 14.5. The van der Waals surface area contributed by atoms with Crippen molar-refractivity contribution in [2.45, 2.75) is 24.8 Å². The van der Waals surface area contributed by atoms with Gasteiger partial charge in [0.2, 0.25) is 10.0 Å². The molecule has 1 unspecified atom stereocenters. The van der Waals surface area contributed by atoms with Crippen molar-refractivity contribution in [1.82, 2.24) is 4.72 Å². The number of esters is 1. The van der Waals surface area contributed by atoms with Crippen LogP contribution in [0.1, 0.15) is 22.2 Å². The monoisotopic (exact) mass is 355 g/mol. The van der Waals surface area contributed by atoms with E-state index >= 15 is 0 Å². The molecule has 0 aromatic carbocycles. The maximum Gasteiger partial charge on any atom is 0.349 e. The molecule has 1 N–H and O–H groups in total. The second kappa shape index (κ2) is 6.42. The minimum atomic E-state index is -4.01. The van der Waals surface area contributed by atoms with Crippen LogP contribution in [0.15, 0.2) is 10.3 Å². The highest BCUT2D eigenvalue weighted by Crippen LogP contribution is 2.27. The fourth-order valence-electron chi connectivity index (χ4n) is 1.81. The standard InChI is InChI=1S/C11H17NO6S3/c1-7-5-19-9(11(13)18-3)10(7)21(16,17)12-8(2)6-20(4,14)15/h5,8,12H,6H2,1-4H3. The molecule has 120 valence electrons. The van der Waals surface area contributed by atoms with Gasteiger partial charge in [-0.2, -0.15) is 0 Å². The number of sulfone groups is 1. The minimum Gasteiger partial charge on any atom is -0.465 e. The van der Waals surface area contributed by atoms with Crippen molar-refractivity contribution in [3.05, 3.63) is 15.8 Å². The summed E-state index contributed by atoms with van der Waals surface area (Å²) in [6.45, 7) is 3.00. The maximum absolute atomic E-state index is 12.3. The van der Waals surface area contributed by atoms with Gasteiger partial charge in [0.15, 0.2) is 0 Å². The van der Waals surface area contributed by atoms with Gasteiger partial charge in [-0.3, -0.25) is 0 Å². The lowest BCUT2D eigenvalue weighted by atomic mass is 10.3. The number of hydrogen-bond acceptors (Lipinski definition) is 7. The molecule has 0 aliphatic heterocycles. The molecule has 1 aromatic rings. The van der Waals surface area contributed by atoms with Crippen molar-refractivity contribution in [1.29, 1.82) is 0 Å². The average molecular weight is 355 g/mol. The van der Waals surface area contributed by atoms with Crippen LogP contribution < -0.4 is 4.72 Å². The average Bonchev–Trinajstić information content (AvgIpc) is 2.67. The molecule has 1 atom stereocenters. The van der Waals surface area contributed by atoms with E-state index in [-0.39, 0.29) is 15.5 Å². The zero-order chi connectivity index (χ0) is 16.4. The number of methoxy groups -OCH3 is 1.